The highest BCUT2D eigenvalue weighted by Gasteiger charge is 2.19. The molecule has 0 unspecified atom stereocenters. The van der Waals surface area contributed by atoms with Crippen LogP contribution in [0.2, 0.25) is 0 Å². The summed E-state index contributed by atoms with van der Waals surface area (Å²) in [6, 6.07) is 8.03. The number of hydrogen-bond acceptors (Lipinski definition) is 2. The van der Waals surface area contributed by atoms with Crippen molar-refractivity contribution in [3.05, 3.63) is 35.4 Å². The van der Waals surface area contributed by atoms with Crippen LogP contribution < -0.4 is 5.32 Å². The molecule has 1 amide bonds. The Morgan fingerprint density at radius 2 is 1.89 bits per heavy atom. The van der Waals surface area contributed by atoms with Crippen LogP contribution in [0, 0.1) is 12.3 Å². The summed E-state index contributed by atoms with van der Waals surface area (Å²) in [5, 5.41) is 3.04. The van der Waals surface area contributed by atoms with E-state index >= 15 is 0 Å². The first-order chi connectivity index (χ1) is 8.80. The van der Waals surface area contributed by atoms with Crippen molar-refractivity contribution in [2.24, 2.45) is 5.41 Å². The summed E-state index contributed by atoms with van der Waals surface area (Å²) in [7, 11) is 4.10. The second kappa shape index (κ2) is 6.71. The summed E-state index contributed by atoms with van der Waals surface area (Å²) in [4.78, 5) is 14.1. The lowest BCUT2D eigenvalue weighted by atomic mass is 9.93. The highest BCUT2D eigenvalue weighted by Crippen LogP contribution is 2.14. The van der Waals surface area contributed by atoms with E-state index in [9.17, 15) is 4.79 Å². The minimum absolute atomic E-state index is 0.0882. The number of aryl methyl sites for hydroxylation is 1. The third-order valence-corrected chi connectivity index (χ3v) is 3.12. The Hall–Kier alpha value is -1.35. The number of benzene rings is 1. The van der Waals surface area contributed by atoms with Crippen LogP contribution in [0.3, 0.4) is 0 Å². The van der Waals surface area contributed by atoms with E-state index in [1.165, 1.54) is 5.56 Å². The van der Waals surface area contributed by atoms with Gasteiger partial charge in [-0.05, 0) is 37.6 Å². The van der Waals surface area contributed by atoms with Crippen molar-refractivity contribution in [3.8, 4) is 0 Å². The molecule has 0 aromatic heterocycles. The van der Waals surface area contributed by atoms with E-state index in [2.05, 4.69) is 38.2 Å². The molecule has 0 heterocycles. The van der Waals surface area contributed by atoms with Gasteiger partial charge < -0.3 is 10.2 Å². The van der Waals surface area contributed by atoms with Crippen LogP contribution in [0.4, 0.5) is 0 Å². The molecule has 0 radical (unpaired) electrons. The van der Waals surface area contributed by atoms with Gasteiger partial charge in [-0.1, -0.05) is 38.1 Å². The standard InChI is InChI=1S/C16H26N2O/c1-13-8-6-7-9-14(13)10-15(19)17-11-16(2,3)12-18(4)5/h6-9H,10-12H2,1-5H3,(H,17,19). The van der Waals surface area contributed by atoms with Gasteiger partial charge in [-0.2, -0.15) is 0 Å². The summed E-state index contributed by atoms with van der Waals surface area (Å²) < 4.78 is 0. The fourth-order valence-electron chi connectivity index (χ4n) is 2.29. The Kier molecular flexibility index (Phi) is 5.55. The molecule has 0 fully saturated rings. The largest absolute Gasteiger partial charge is 0.355 e. The highest BCUT2D eigenvalue weighted by molar-refractivity contribution is 5.78. The lowest BCUT2D eigenvalue weighted by molar-refractivity contribution is -0.120. The molecule has 0 saturated heterocycles. The minimum Gasteiger partial charge on any atom is -0.355 e. The van der Waals surface area contributed by atoms with Crippen molar-refractivity contribution in [1.82, 2.24) is 10.2 Å². The molecule has 1 rings (SSSR count). The number of rotatable bonds is 6. The molecule has 0 spiro atoms. The van der Waals surface area contributed by atoms with E-state index in [4.69, 9.17) is 0 Å². The lowest BCUT2D eigenvalue weighted by Gasteiger charge is -2.28. The zero-order valence-corrected chi connectivity index (χ0v) is 12.8. The molecule has 106 valence electrons. The predicted octanol–water partition coefficient (Wildman–Crippen LogP) is 2.24. The molecule has 3 nitrogen and oxygen atoms in total. The van der Waals surface area contributed by atoms with E-state index in [1.807, 2.05) is 31.2 Å². The van der Waals surface area contributed by atoms with E-state index in [-0.39, 0.29) is 11.3 Å². The van der Waals surface area contributed by atoms with Crippen molar-refractivity contribution in [2.75, 3.05) is 27.2 Å². The first-order valence-corrected chi connectivity index (χ1v) is 6.76. The van der Waals surface area contributed by atoms with Gasteiger partial charge in [0.05, 0.1) is 6.42 Å². The molecule has 1 N–H and O–H groups in total. The van der Waals surface area contributed by atoms with Crippen LogP contribution in [-0.2, 0) is 11.2 Å². The third-order valence-electron chi connectivity index (χ3n) is 3.12. The normalized spacial score (nSPS) is 11.7. The van der Waals surface area contributed by atoms with E-state index in [0.717, 1.165) is 12.1 Å². The quantitative estimate of drug-likeness (QED) is 0.853. The first-order valence-electron chi connectivity index (χ1n) is 6.76. The summed E-state index contributed by atoms with van der Waals surface area (Å²) in [5.41, 5.74) is 2.36. The van der Waals surface area contributed by atoms with Gasteiger partial charge in [0, 0.05) is 13.1 Å². The van der Waals surface area contributed by atoms with Crippen LogP contribution in [-0.4, -0.2) is 38.0 Å². The van der Waals surface area contributed by atoms with Crippen LogP contribution in [0.25, 0.3) is 0 Å². The van der Waals surface area contributed by atoms with Crippen LogP contribution in [0.5, 0.6) is 0 Å². The fourth-order valence-corrected chi connectivity index (χ4v) is 2.29. The van der Waals surface area contributed by atoms with Crippen molar-refractivity contribution >= 4 is 5.91 Å². The zero-order valence-electron chi connectivity index (χ0n) is 12.8. The fraction of sp³-hybridized carbons (Fsp3) is 0.562. The molecule has 0 bridgehead atoms. The maximum Gasteiger partial charge on any atom is 0.224 e. The van der Waals surface area contributed by atoms with E-state index in [1.54, 1.807) is 0 Å². The second-order valence-electron chi connectivity index (χ2n) is 6.28. The van der Waals surface area contributed by atoms with Crippen LogP contribution in [0.15, 0.2) is 24.3 Å². The third kappa shape index (κ3) is 5.88. The Morgan fingerprint density at radius 3 is 2.47 bits per heavy atom. The lowest BCUT2D eigenvalue weighted by Crippen LogP contribution is -2.40. The number of hydrogen-bond donors (Lipinski definition) is 1. The molecule has 0 saturated carbocycles. The Morgan fingerprint density at radius 1 is 1.26 bits per heavy atom. The SMILES string of the molecule is Cc1ccccc1CC(=O)NCC(C)(C)CN(C)C. The van der Waals surface area contributed by atoms with Crippen LogP contribution >= 0.6 is 0 Å². The topological polar surface area (TPSA) is 32.3 Å². The molecule has 1 aromatic carbocycles. The van der Waals surface area contributed by atoms with E-state index < -0.39 is 0 Å². The van der Waals surface area contributed by atoms with Crippen molar-refractivity contribution < 1.29 is 4.79 Å². The molecule has 19 heavy (non-hydrogen) atoms. The maximum atomic E-state index is 12.0. The molecule has 3 heteroatoms. The van der Waals surface area contributed by atoms with Crippen molar-refractivity contribution in [3.63, 3.8) is 0 Å². The summed E-state index contributed by atoms with van der Waals surface area (Å²) >= 11 is 0. The number of amides is 1. The van der Waals surface area contributed by atoms with Gasteiger partial charge in [-0.25, -0.2) is 0 Å². The summed E-state index contributed by atoms with van der Waals surface area (Å²) in [6.45, 7) is 8.04. The molecular weight excluding hydrogens is 236 g/mol. The number of carbonyl (C=O) groups excluding carboxylic acids is 1. The minimum atomic E-state index is 0.0882. The maximum absolute atomic E-state index is 12.0. The summed E-state index contributed by atoms with van der Waals surface area (Å²) in [5.74, 6) is 0.0983. The predicted molar refractivity (Wildman–Crippen MR) is 80.2 cm³/mol. The number of carbonyl (C=O) groups is 1. The van der Waals surface area contributed by atoms with Gasteiger partial charge >= 0.3 is 0 Å². The molecule has 0 aliphatic heterocycles. The Balaban J connectivity index is 2.46. The molecule has 0 aliphatic carbocycles. The zero-order chi connectivity index (χ0) is 14.5. The van der Waals surface area contributed by atoms with Gasteiger partial charge in [0.15, 0.2) is 0 Å². The molecular formula is C16H26N2O. The van der Waals surface area contributed by atoms with Crippen molar-refractivity contribution in [1.29, 1.82) is 0 Å². The molecule has 0 aliphatic rings. The first kappa shape index (κ1) is 15.7. The second-order valence-corrected chi connectivity index (χ2v) is 6.28. The molecule has 1 aromatic rings. The van der Waals surface area contributed by atoms with Crippen molar-refractivity contribution in [2.45, 2.75) is 27.2 Å². The Bertz CT molecular complexity index is 425. The summed E-state index contributed by atoms with van der Waals surface area (Å²) in [6.07, 6.45) is 0.463. The number of nitrogens with one attached hydrogen (secondary N) is 1. The average Bonchev–Trinajstić information content (AvgIpc) is 2.28. The average molecular weight is 262 g/mol. The molecule has 0 atom stereocenters. The van der Waals surface area contributed by atoms with Gasteiger partial charge in [-0.15, -0.1) is 0 Å². The highest BCUT2D eigenvalue weighted by atomic mass is 16.1. The van der Waals surface area contributed by atoms with Gasteiger partial charge in [0.1, 0.15) is 0 Å². The smallest absolute Gasteiger partial charge is 0.224 e. The Labute approximate surface area is 117 Å². The monoisotopic (exact) mass is 262 g/mol. The van der Waals surface area contributed by atoms with E-state index in [0.29, 0.717) is 13.0 Å². The van der Waals surface area contributed by atoms with Gasteiger partial charge in [-0.3, -0.25) is 4.79 Å². The number of nitrogens with zero attached hydrogens (tertiary/aromatic N) is 1. The van der Waals surface area contributed by atoms with Gasteiger partial charge in [0.2, 0.25) is 5.91 Å². The van der Waals surface area contributed by atoms with Gasteiger partial charge in [0.25, 0.3) is 0 Å². The van der Waals surface area contributed by atoms with Crippen LogP contribution in [0.1, 0.15) is 25.0 Å².